The molecule has 0 bridgehead atoms. The molecule has 74 valence electrons. The Morgan fingerprint density at radius 3 is 2.25 bits per heavy atom. The molecule has 0 rings (SSSR count). The quantitative estimate of drug-likeness (QED) is 0.393. The van der Waals surface area contributed by atoms with Crippen LogP contribution in [0.4, 0.5) is 0 Å². The predicted molar refractivity (Wildman–Crippen MR) is 55.0 cm³/mol. The molecule has 2 atom stereocenters. The summed E-state index contributed by atoms with van der Waals surface area (Å²) in [6.07, 6.45) is 0.212. The second-order valence-corrected chi connectivity index (χ2v) is 3.99. The highest BCUT2D eigenvalue weighted by Gasteiger charge is 2.31. The van der Waals surface area contributed by atoms with Gasteiger partial charge in [0.15, 0.2) is 0 Å². The molecule has 0 saturated carbocycles. The van der Waals surface area contributed by atoms with Crippen LogP contribution in [-0.2, 0) is 0 Å². The van der Waals surface area contributed by atoms with E-state index >= 15 is 0 Å². The van der Waals surface area contributed by atoms with Crippen molar-refractivity contribution in [1.29, 1.82) is 0 Å². The van der Waals surface area contributed by atoms with E-state index in [1.165, 1.54) is 0 Å². The maximum absolute atomic E-state index is 9.35. The number of hydrogen-bond donors (Lipinski definition) is 5. The molecule has 0 unspecified atom stereocenters. The highest BCUT2D eigenvalue weighted by atomic mass is 32.1. The van der Waals surface area contributed by atoms with E-state index in [0.29, 0.717) is 18.6 Å². The molecule has 0 amide bonds. The molecule has 0 fully saturated rings. The van der Waals surface area contributed by atoms with E-state index in [1.54, 1.807) is 0 Å². The lowest BCUT2D eigenvalue weighted by atomic mass is 9.98. The molecule has 0 heterocycles. The van der Waals surface area contributed by atoms with Crippen LogP contribution in [0.25, 0.3) is 0 Å². The van der Waals surface area contributed by atoms with Crippen molar-refractivity contribution in [2.75, 3.05) is 19.0 Å². The van der Waals surface area contributed by atoms with Gasteiger partial charge in [-0.05, 0) is 12.8 Å². The largest absolute Gasteiger partial charge is 0.396 e. The van der Waals surface area contributed by atoms with Crippen LogP contribution in [0.2, 0.25) is 0 Å². The van der Waals surface area contributed by atoms with Crippen molar-refractivity contribution in [3.05, 3.63) is 0 Å². The fraction of sp³-hybridized carbons (Fsp3) is 1.00. The molecule has 0 aromatic carbocycles. The van der Waals surface area contributed by atoms with Crippen molar-refractivity contribution in [1.82, 2.24) is 0 Å². The third-order valence-electron chi connectivity index (χ3n) is 1.83. The maximum Gasteiger partial charge on any atom is 0.0922 e. The standard InChI is InChI=1S/C7H16O3S2/c8-3-1-2-7(12,5-11)6(10)4-9/h6,8-12H,1-5H2/t6-,7-/m1/s1. The zero-order valence-corrected chi connectivity index (χ0v) is 8.64. The molecule has 0 aliphatic carbocycles. The van der Waals surface area contributed by atoms with Crippen LogP contribution >= 0.6 is 25.3 Å². The Morgan fingerprint density at radius 1 is 1.33 bits per heavy atom. The van der Waals surface area contributed by atoms with Crippen LogP contribution in [0, 0.1) is 0 Å². The van der Waals surface area contributed by atoms with E-state index in [0.717, 1.165) is 0 Å². The lowest BCUT2D eigenvalue weighted by Gasteiger charge is -2.30. The molecule has 0 spiro atoms. The van der Waals surface area contributed by atoms with Crippen molar-refractivity contribution in [2.24, 2.45) is 0 Å². The van der Waals surface area contributed by atoms with E-state index in [9.17, 15) is 5.11 Å². The summed E-state index contributed by atoms with van der Waals surface area (Å²) in [6, 6.07) is 0. The first kappa shape index (κ1) is 12.6. The van der Waals surface area contributed by atoms with Crippen molar-refractivity contribution >= 4 is 25.3 Å². The normalized spacial score (nSPS) is 18.8. The van der Waals surface area contributed by atoms with Crippen LogP contribution in [0.5, 0.6) is 0 Å². The minimum Gasteiger partial charge on any atom is -0.396 e. The minimum atomic E-state index is -0.884. The number of aliphatic hydroxyl groups is 3. The second kappa shape index (κ2) is 6.10. The fourth-order valence-corrected chi connectivity index (χ4v) is 1.51. The highest BCUT2D eigenvalue weighted by molar-refractivity contribution is 7.85. The molecule has 0 radical (unpaired) electrons. The molecule has 12 heavy (non-hydrogen) atoms. The Balaban J connectivity index is 4.03. The molecule has 0 aromatic rings. The number of thiol groups is 2. The van der Waals surface area contributed by atoms with Gasteiger partial charge in [-0.1, -0.05) is 0 Å². The Morgan fingerprint density at radius 2 is 1.92 bits per heavy atom. The number of rotatable bonds is 6. The van der Waals surface area contributed by atoms with Crippen molar-refractivity contribution < 1.29 is 15.3 Å². The molecule has 0 aliphatic rings. The first-order valence-electron chi connectivity index (χ1n) is 3.83. The first-order chi connectivity index (χ1) is 5.60. The highest BCUT2D eigenvalue weighted by Crippen LogP contribution is 2.26. The van der Waals surface area contributed by atoms with Gasteiger partial charge in [0.25, 0.3) is 0 Å². The average molecular weight is 212 g/mol. The van der Waals surface area contributed by atoms with Gasteiger partial charge >= 0.3 is 0 Å². The van der Waals surface area contributed by atoms with E-state index in [2.05, 4.69) is 25.3 Å². The van der Waals surface area contributed by atoms with E-state index in [1.807, 2.05) is 0 Å². The summed E-state index contributed by atoms with van der Waals surface area (Å²) in [7, 11) is 0. The topological polar surface area (TPSA) is 60.7 Å². The monoisotopic (exact) mass is 212 g/mol. The Kier molecular flexibility index (Phi) is 6.39. The molecule has 0 aliphatic heterocycles. The lowest BCUT2D eigenvalue weighted by molar-refractivity contribution is 0.0644. The zero-order valence-electron chi connectivity index (χ0n) is 6.85. The van der Waals surface area contributed by atoms with Gasteiger partial charge in [-0.15, -0.1) is 0 Å². The maximum atomic E-state index is 9.35. The average Bonchev–Trinajstić information content (AvgIpc) is 2.12. The van der Waals surface area contributed by atoms with Crippen molar-refractivity contribution in [3.63, 3.8) is 0 Å². The van der Waals surface area contributed by atoms with Gasteiger partial charge in [-0.2, -0.15) is 25.3 Å². The smallest absolute Gasteiger partial charge is 0.0922 e. The van der Waals surface area contributed by atoms with Crippen LogP contribution in [0.1, 0.15) is 12.8 Å². The Hall–Kier alpha value is 0.580. The van der Waals surface area contributed by atoms with Gasteiger partial charge in [-0.25, -0.2) is 0 Å². The van der Waals surface area contributed by atoms with Gasteiger partial charge in [0, 0.05) is 17.1 Å². The fourth-order valence-electron chi connectivity index (χ4n) is 0.906. The van der Waals surface area contributed by atoms with Gasteiger partial charge < -0.3 is 15.3 Å². The lowest BCUT2D eigenvalue weighted by Crippen LogP contribution is -2.41. The predicted octanol–water partition coefficient (Wildman–Crippen LogP) is -0.289. The zero-order chi connectivity index (χ0) is 9.61. The summed E-state index contributed by atoms with van der Waals surface area (Å²) in [4.78, 5) is 0. The molecule has 0 saturated heterocycles. The first-order valence-corrected chi connectivity index (χ1v) is 4.91. The summed E-state index contributed by atoms with van der Waals surface area (Å²) in [5.74, 6) is 0.373. The van der Waals surface area contributed by atoms with Crippen molar-refractivity contribution in [2.45, 2.75) is 23.7 Å². The summed E-state index contributed by atoms with van der Waals surface area (Å²) in [5.41, 5.74) is 0. The number of aliphatic hydroxyl groups excluding tert-OH is 3. The van der Waals surface area contributed by atoms with Crippen LogP contribution < -0.4 is 0 Å². The Bertz CT molecular complexity index is 123. The summed E-state index contributed by atoms with van der Waals surface area (Å²) in [6.45, 7) is -0.260. The molecular formula is C7H16O3S2. The molecule has 3 nitrogen and oxygen atoms in total. The molecule has 5 heteroatoms. The van der Waals surface area contributed by atoms with Gasteiger partial charge in [0.1, 0.15) is 0 Å². The van der Waals surface area contributed by atoms with Gasteiger partial charge in [0.05, 0.1) is 12.7 Å². The second-order valence-electron chi connectivity index (χ2n) is 2.79. The van der Waals surface area contributed by atoms with Gasteiger partial charge in [0.2, 0.25) is 0 Å². The molecule has 3 N–H and O–H groups in total. The summed E-state index contributed by atoms with van der Waals surface area (Å²) >= 11 is 8.27. The SMILES string of the molecule is OCCC[C@@](S)(CS)[C@H](O)CO. The number of hydrogen-bond acceptors (Lipinski definition) is 5. The van der Waals surface area contributed by atoms with Crippen LogP contribution in [0.3, 0.4) is 0 Å². The minimum absolute atomic E-state index is 0.0637. The van der Waals surface area contributed by atoms with Crippen molar-refractivity contribution in [3.8, 4) is 0 Å². The third-order valence-corrected chi connectivity index (χ3v) is 3.33. The molecule has 0 aromatic heterocycles. The van der Waals surface area contributed by atoms with E-state index < -0.39 is 10.9 Å². The Labute approximate surface area is 83.6 Å². The van der Waals surface area contributed by atoms with E-state index in [4.69, 9.17) is 10.2 Å². The third kappa shape index (κ3) is 3.53. The van der Waals surface area contributed by atoms with Crippen LogP contribution in [-0.4, -0.2) is 45.1 Å². The van der Waals surface area contributed by atoms with Gasteiger partial charge in [-0.3, -0.25) is 0 Å². The van der Waals surface area contributed by atoms with E-state index in [-0.39, 0.29) is 13.2 Å². The van der Waals surface area contributed by atoms with Crippen LogP contribution in [0.15, 0.2) is 0 Å². The molecular weight excluding hydrogens is 196 g/mol. The summed E-state index contributed by atoms with van der Waals surface area (Å²) in [5, 5.41) is 26.6. The summed E-state index contributed by atoms with van der Waals surface area (Å²) < 4.78 is -0.694.